The first-order chi connectivity index (χ1) is 20.2. The van der Waals surface area contributed by atoms with Crippen LogP contribution in [-0.2, 0) is 12.6 Å². The predicted molar refractivity (Wildman–Crippen MR) is 153 cm³/mol. The van der Waals surface area contributed by atoms with Gasteiger partial charge in [0.1, 0.15) is 11.6 Å². The van der Waals surface area contributed by atoms with Crippen LogP contribution in [0.1, 0.15) is 56.3 Å². The summed E-state index contributed by atoms with van der Waals surface area (Å²) in [5, 5.41) is 3.36. The fraction of sp³-hybridized carbons (Fsp3) is 0.226. The minimum absolute atomic E-state index is 0.195. The first kappa shape index (κ1) is 29.1. The number of rotatable bonds is 8. The number of carbonyl (C=O) groups is 2. The molecule has 0 amide bonds. The zero-order valence-corrected chi connectivity index (χ0v) is 23.3. The maximum absolute atomic E-state index is 14.0. The fourth-order valence-electron chi connectivity index (χ4n) is 5.31. The summed E-state index contributed by atoms with van der Waals surface area (Å²) >= 11 is 6.92. The number of aromatic nitrogens is 2. The summed E-state index contributed by atoms with van der Waals surface area (Å²) in [4.78, 5) is 31.2. The van der Waals surface area contributed by atoms with E-state index in [2.05, 4.69) is 15.3 Å². The number of nitrogens with zero attached hydrogens (tertiary/aromatic N) is 2. The van der Waals surface area contributed by atoms with Gasteiger partial charge < -0.3 is 14.8 Å². The van der Waals surface area contributed by atoms with Gasteiger partial charge in [0, 0.05) is 17.3 Å². The molecule has 216 valence electrons. The van der Waals surface area contributed by atoms with Crippen LogP contribution < -0.4 is 14.8 Å². The lowest BCUT2D eigenvalue weighted by molar-refractivity contribution is -0.137. The zero-order valence-electron chi connectivity index (χ0n) is 22.6. The Hall–Kier alpha value is -4.44. The van der Waals surface area contributed by atoms with E-state index in [0.29, 0.717) is 58.7 Å². The zero-order chi connectivity index (χ0) is 30.0. The number of aldehydes is 2. The van der Waals surface area contributed by atoms with E-state index in [1.807, 2.05) is 18.2 Å². The molecular formula is C31H25ClF3N3O4. The van der Waals surface area contributed by atoms with Crippen LogP contribution in [0, 0.1) is 0 Å². The number of hydrogen-bond donors (Lipinski definition) is 1. The Kier molecular flexibility index (Phi) is 8.17. The Labute approximate surface area is 244 Å². The maximum Gasteiger partial charge on any atom is 0.419 e. The van der Waals surface area contributed by atoms with Gasteiger partial charge in [-0.15, -0.1) is 0 Å². The second-order valence-electron chi connectivity index (χ2n) is 9.66. The molecular weight excluding hydrogens is 571 g/mol. The highest BCUT2D eigenvalue weighted by atomic mass is 35.5. The molecule has 1 aliphatic carbocycles. The van der Waals surface area contributed by atoms with Gasteiger partial charge in [0.05, 0.1) is 47.7 Å². The molecule has 42 heavy (non-hydrogen) atoms. The first-order valence-corrected chi connectivity index (χ1v) is 13.4. The Bertz CT molecular complexity index is 1680. The molecule has 5 rings (SSSR count). The van der Waals surface area contributed by atoms with Gasteiger partial charge in [-0.3, -0.25) is 14.6 Å². The predicted octanol–water partition coefficient (Wildman–Crippen LogP) is 7.61. The van der Waals surface area contributed by atoms with Gasteiger partial charge in [-0.2, -0.15) is 18.2 Å². The van der Waals surface area contributed by atoms with Crippen molar-refractivity contribution in [3.8, 4) is 34.0 Å². The van der Waals surface area contributed by atoms with Crippen molar-refractivity contribution < 1.29 is 32.2 Å². The Morgan fingerprint density at radius 3 is 2.48 bits per heavy atom. The average Bonchev–Trinajstić information content (AvgIpc) is 3.00. The number of halogens is 4. The van der Waals surface area contributed by atoms with Gasteiger partial charge in [-0.1, -0.05) is 35.9 Å². The standard InChI is InChI=1S/C31H25ClF3N3O4/c1-41-26-14-17(9-10-18(26)15-39)28-27(32)23(11-12-36-28)21-5-3-7-22-20(21)6-4-8-25(22)37-29-24(31(33,34)35)13-19(16-40)30(38-29)42-2/h3,5,7,9-16,25H,4,6,8H2,1-2H3,(H,37,38)/t25-/m0/s1. The largest absolute Gasteiger partial charge is 0.496 e. The Morgan fingerprint density at radius 1 is 1.00 bits per heavy atom. The second-order valence-corrected chi connectivity index (χ2v) is 10.0. The smallest absolute Gasteiger partial charge is 0.419 e. The van der Waals surface area contributed by atoms with Crippen molar-refractivity contribution in [1.82, 2.24) is 9.97 Å². The molecule has 1 atom stereocenters. The molecule has 0 fully saturated rings. The monoisotopic (exact) mass is 595 g/mol. The molecule has 0 unspecified atom stereocenters. The molecule has 0 spiro atoms. The van der Waals surface area contributed by atoms with Crippen molar-refractivity contribution in [3.63, 3.8) is 0 Å². The highest BCUT2D eigenvalue weighted by Gasteiger charge is 2.37. The van der Waals surface area contributed by atoms with Gasteiger partial charge in [-0.05, 0) is 60.2 Å². The molecule has 2 aromatic carbocycles. The van der Waals surface area contributed by atoms with Crippen molar-refractivity contribution in [1.29, 1.82) is 0 Å². The summed E-state index contributed by atoms with van der Waals surface area (Å²) < 4.78 is 52.3. The third-order valence-electron chi connectivity index (χ3n) is 7.27. The van der Waals surface area contributed by atoms with Gasteiger partial charge >= 0.3 is 6.18 Å². The molecule has 0 bridgehead atoms. The number of carbonyl (C=O) groups excluding carboxylic acids is 2. The van der Waals surface area contributed by atoms with E-state index in [1.54, 1.807) is 30.5 Å². The fourth-order valence-corrected chi connectivity index (χ4v) is 5.63. The highest BCUT2D eigenvalue weighted by molar-refractivity contribution is 6.35. The molecule has 2 heterocycles. The summed E-state index contributed by atoms with van der Waals surface area (Å²) in [5.74, 6) is -0.217. The van der Waals surface area contributed by atoms with Crippen LogP contribution >= 0.6 is 11.6 Å². The van der Waals surface area contributed by atoms with E-state index in [9.17, 15) is 22.8 Å². The molecule has 0 aliphatic heterocycles. The highest BCUT2D eigenvalue weighted by Crippen LogP contribution is 2.44. The average molecular weight is 596 g/mol. The number of nitrogens with one attached hydrogen (secondary N) is 1. The molecule has 0 radical (unpaired) electrons. The van der Waals surface area contributed by atoms with Gasteiger partial charge in [-0.25, -0.2) is 0 Å². The number of hydrogen-bond acceptors (Lipinski definition) is 7. The summed E-state index contributed by atoms with van der Waals surface area (Å²) in [6, 6.07) is 12.7. The minimum Gasteiger partial charge on any atom is -0.496 e. The van der Waals surface area contributed by atoms with Gasteiger partial charge in [0.15, 0.2) is 12.6 Å². The van der Waals surface area contributed by atoms with Crippen LogP contribution in [0.15, 0.2) is 54.7 Å². The molecule has 0 saturated carbocycles. The van der Waals surface area contributed by atoms with E-state index < -0.39 is 23.6 Å². The van der Waals surface area contributed by atoms with Gasteiger partial charge in [0.2, 0.25) is 5.88 Å². The Morgan fingerprint density at radius 2 is 1.79 bits per heavy atom. The summed E-state index contributed by atoms with van der Waals surface area (Å²) in [6.45, 7) is 0. The number of anilines is 1. The van der Waals surface area contributed by atoms with Crippen molar-refractivity contribution in [3.05, 3.63) is 87.6 Å². The number of ether oxygens (including phenoxy) is 2. The van der Waals surface area contributed by atoms with Gasteiger partial charge in [0.25, 0.3) is 0 Å². The van der Waals surface area contributed by atoms with Crippen LogP contribution in [0.4, 0.5) is 19.0 Å². The van der Waals surface area contributed by atoms with Crippen molar-refractivity contribution in [2.45, 2.75) is 31.5 Å². The third kappa shape index (κ3) is 5.42. The van der Waals surface area contributed by atoms with E-state index in [-0.39, 0.29) is 17.7 Å². The van der Waals surface area contributed by atoms with E-state index in [1.165, 1.54) is 14.2 Å². The van der Waals surface area contributed by atoms with Crippen molar-refractivity contribution >= 4 is 30.0 Å². The normalized spacial score (nSPS) is 14.6. The number of alkyl halides is 3. The van der Waals surface area contributed by atoms with Crippen LogP contribution in [0.25, 0.3) is 22.4 Å². The number of benzene rings is 2. The molecule has 1 aliphatic rings. The van der Waals surface area contributed by atoms with Crippen molar-refractivity contribution in [2.24, 2.45) is 0 Å². The molecule has 1 N–H and O–H groups in total. The number of fused-ring (bicyclic) bond motifs is 1. The topological polar surface area (TPSA) is 90.4 Å². The summed E-state index contributed by atoms with van der Waals surface area (Å²) in [7, 11) is 2.71. The summed E-state index contributed by atoms with van der Waals surface area (Å²) in [5.41, 5.74) is 3.52. The lowest BCUT2D eigenvalue weighted by atomic mass is 9.83. The molecule has 7 nitrogen and oxygen atoms in total. The van der Waals surface area contributed by atoms with E-state index in [0.717, 1.165) is 22.8 Å². The number of methoxy groups -OCH3 is 2. The lowest BCUT2D eigenvalue weighted by Gasteiger charge is -2.30. The summed E-state index contributed by atoms with van der Waals surface area (Å²) in [6.07, 6.45) is -0.174. The maximum atomic E-state index is 14.0. The van der Waals surface area contributed by atoms with Crippen molar-refractivity contribution in [2.75, 3.05) is 19.5 Å². The quantitative estimate of drug-likeness (QED) is 0.210. The minimum atomic E-state index is -4.74. The molecule has 4 aromatic rings. The van der Waals surface area contributed by atoms with E-state index in [4.69, 9.17) is 21.1 Å². The molecule has 11 heteroatoms. The molecule has 0 saturated heterocycles. The SMILES string of the molecule is COc1cc(-c2nccc(-c3cccc4c3CCC[C@@H]4Nc3nc(OC)c(C=O)cc3C(F)(F)F)c2Cl)ccc1C=O. The second kappa shape index (κ2) is 11.8. The van der Waals surface area contributed by atoms with Crippen LogP contribution in [0.2, 0.25) is 5.02 Å². The van der Waals surface area contributed by atoms with Crippen LogP contribution in [-0.4, -0.2) is 36.8 Å². The first-order valence-electron chi connectivity index (χ1n) is 13.0. The third-order valence-corrected chi connectivity index (χ3v) is 7.66. The number of pyridine rings is 2. The lowest BCUT2D eigenvalue weighted by Crippen LogP contribution is -2.21. The van der Waals surface area contributed by atoms with E-state index >= 15 is 0 Å². The molecule has 2 aromatic heterocycles. The van der Waals surface area contributed by atoms with Crippen LogP contribution in [0.5, 0.6) is 11.6 Å². The van der Waals surface area contributed by atoms with Crippen LogP contribution in [0.3, 0.4) is 0 Å². The Balaban J connectivity index is 1.57.